The van der Waals surface area contributed by atoms with Crippen LogP contribution in [0.4, 0.5) is 4.39 Å². The summed E-state index contributed by atoms with van der Waals surface area (Å²) in [6.07, 6.45) is 1.81. The average molecular weight is 317 g/mol. The first-order valence-corrected chi connectivity index (χ1v) is 6.91. The van der Waals surface area contributed by atoms with Crippen molar-refractivity contribution in [2.24, 2.45) is 11.7 Å². The van der Waals surface area contributed by atoms with E-state index in [1.807, 2.05) is 0 Å². The molecule has 1 aromatic rings. The number of ether oxygens (including phenoxy) is 1. The first kappa shape index (κ1) is 17.7. The minimum absolute atomic E-state index is 0. The van der Waals surface area contributed by atoms with Crippen LogP contribution < -0.4 is 10.5 Å². The van der Waals surface area contributed by atoms with E-state index < -0.39 is 5.82 Å². The molecule has 4 nitrogen and oxygen atoms in total. The van der Waals surface area contributed by atoms with Gasteiger partial charge in [0.2, 0.25) is 0 Å². The third-order valence-electron chi connectivity index (χ3n) is 3.92. The highest BCUT2D eigenvalue weighted by Gasteiger charge is 2.30. The fourth-order valence-corrected chi connectivity index (χ4v) is 2.69. The van der Waals surface area contributed by atoms with E-state index in [1.54, 1.807) is 11.0 Å². The van der Waals surface area contributed by atoms with Crippen molar-refractivity contribution in [3.63, 3.8) is 0 Å². The lowest BCUT2D eigenvalue weighted by Gasteiger charge is -2.38. The SMILES string of the molecule is COc1ccc(C(=O)N2CCC(C)CC2CN)c(F)c1.Cl. The van der Waals surface area contributed by atoms with Gasteiger partial charge in [-0.15, -0.1) is 12.4 Å². The predicted molar refractivity (Wildman–Crippen MR) is 82.5 cm³/mol. The number of carbonyl (C=O) groups excluding carboxylic acids is 1. The van der Waals surface area contributed by atoms with Crippen LogP contribution in [0.25, 0.3) is 0 Å². The zero-order chi connectivity index (χ0) is 14.7. The van der Waals surface area contributed by atoms with Gasteiger partial charge in [-0.1, -0.05) is 6.92 Å². The smallest absolute Gasteiger partial charge is 0.257 e. The number of halogens is 2. The molecule has 2 rings (SSSR count). The summed E-state index contributed by atoms with van der Waals surface area (Å²) in [6, 6.07) is 4.30. The molecule has 0 saturated carbocycles. The lowest BCUT2D eigenvalue weighted by Crippen LogP contribution is -2.49. The molecule has 0 bridgehead atoms. The second-order valence-electron chi connectivity index (χ2n) is 5.36. The maximum Gasteiger partial charge on any atom is 0.257 e. The van der Waals surface area contributed by atoms with Gasteiger partial charge in [0.15, 0.2) is 0 Å². The van der Waals surface area contributed by atoms with E-state index in [0.29, 0.717) is 24.8 Å². The van der Waals surface area contributed by atoms with Crippen LogP contribution in [0.1, 0.15) is 30.1 Å². The summed E-state index contributed by atoms with van der Waals surface area (Å²) in [7, 11) is 1.47. The summed E-state index contributed by atoms with van der Waals surface area (Å²) >= 11 is 0. The Balaban J connectivity index is 0.00000220. The molecule has 1 amide bonds. The summed E-state index contributed by atoms with van der Waals surface area (Å²) in [5, 5.41) is 0. The number of rotatable bonds is 3. The molecule has 118 valence electrons. The second-order valence-corrected chi connectivity index (χ2v) is 5.36. The van der Waals surface area contributed by atoms with Gasteiger partial charge in [0, 0.05) is 25.2 Å². The Labute approximate surface area is 130 Å². The quantitative estimate of drug-likeness (QED) is 0.932. The van der Waals surface area contributed by atoms with Crippen LogP contribution in [0, 0.1) is 11.7 Å². The minimum Gasteiger partial charge on any atom is -0.497 e. The number of methoxy groups -OCH3 is 1. The molecule has 2 atom stereocenters. The molecular weight excluding hydrogens is 295 g/mol. The van der Waals surface area contributed by atoms with Gasteiger partial charge in [-0.2, -0.15) is 0 Å². The maximum atomic E-state index is 14.0. The van der Waals surface area contributed by atoms with Gasteiger partial charge < -0.3 is 15.4 Å². The van der Waals surface area contributed by atoms with Crippen LogP contribution in [0.2, 0.25) is 0 Å². The molecule has 6 heteroatoms. The Hall–Kier alpha value is -1.33. The Morgan fingerprint density at radius 1 is 1.52 bits per heavy atom. The fraction of sp³-hybridized carbons (Fsp3) is 0.533. The number of hydrogen-bond donors (Lipinski definition) is 1. The van der Waals surface area contributed by atoms with Crippen LogP contribution in [-0.2, 0) is 0 Å². The molecule has 1 aromatic carbocycles. The summed E-state index contributed by atoms with van der Waals surface area (Å²) in [4.78, 5) is 14.2. The Bertz CT molecular complexity index is 499. The number of likely N-dealkylation sites (tertiary alicyclic amines) is 1. The highest BCUT2D eigenvalue weighted by Crippen LogP contribution is 2.25. The highest BCUT2D eigenvalue weighted by atomic mass is 35.5. The van der Waals surface area contributed by atoms with Crippen LogP contribution >= 0.6 is 12.4 Å². The molecule has 1 fully saturated rings. The summed E-state index contributed by atoms with van der Waals surface area (Å²) < 4.78 is 18.9. The Kier molecular flexibility index (Phi) is 6.42. The topological polar surface area (TPSA) is 55.6 Å². The van der Waals surface area contributed by atoms with E-state index in [1.165, 1.54) is 19.2 Å². The molecule has 1 saturated heterocycles. The van der Waals surface area contributed by atoms with Crippen molar-refractivity contribution in [2.45, 2.75) is 25.8 Å². The lowest BCUT2D eigenvalue weighted by molar-refractivity contribution is 0.0569. The van der Waals surface area contributed by atoms with Crippen molar-refractivity contribution in [3.8, 4) is 5.75 Å². The van der Waals surface area contributed by atoms with Crippen LogP contribution in [0.5, 0.6) is 5.75 Å². The summed E-state index contributed by atoms with van der Waals surface area (Å²) in [6.45, 7) is 3.19. The molecule has 0 aliphatic carbocycles. The van der Waals surface area contributed by atoms with Crippen molar-refractivity contribution >= 4 is 18.3 Å². The number of hydrogen-bond acceptors (Lipinski definition) is 3. The number of carbonyl (C=O) groups is 1. The van der Waals surface area contributed by atoms with E-state index in [4.69, 9.17) is 10.5 Å². The van der Waals surface area contributed by atoms with E-state index in [0.717, 1.165) is 12.8 Å². The van der Waals surface area contributed by atoms with Crippen molar-refractivity contribution in [1.29, 1.82) is 0 Å². The fourth-order valence-electron chi connectivity index (χ4n) is 2.69. The van der Waals surface area contributed by atoms with Crippen molar-refractivity contribution in [1.82, 2.24) is 4.90 Å². The van der Waals surface area contributed by atoms with Crippen molar-refractivity contribution < 1.29 is 13.9 Å². The van der Waals surface area contributed by atoms with E-state index in [-0.39, 0.29) is 29.9 Å². The van der Waals surface area contributed by atoms with Crippen molar-refractivity contribution in [3.05, 3.63) is 29.6 Å². The van der Waals surface area contributed by atoms with Crippen molar-refractivity contribution in [2.75, 3.05) is 20.2 Å². The van der Waals surface area contributed by atoms with Gasteiger partial charge >= 0.3 is 0 Å². The summed E-state index contributed by atoms with van der Waals surface area (Å²) in [5.41, 5.74) is 5.83. The van der Waals surface area contributed by atoms with Crippen LogP contribution in [0.15, 0.2) is 18.2 Å². The largest absolute Gasteiger partial charge is 0.497 e. The van der Waals surface area contributed by atoms with E-state index in [9.17, 15) is 9.18 Å². The molecule has 0 radical (unpaired) electrons. The van der Waals surface area contributed by atoms with E-state index in [2.05, 4.69) is 6.92 Å². The number of amides is 1. The van der Waals surface area contributed by atoms with Gasteiger partial charge in [0.25, 0.3) is 5.91 Å². The second kappa shape index (κ2) is 7.61. The molecule has 0 spiro atoms. The zero-order valence-electron chi connectivity index (χ0n) is 12.3. The van der Waals surface area contributed by atoms with Gasteiger partial charge in [0.1, 0.15) is 11.6 Å². The Morgan fingerprint density at radius 3 is 2.81 bits per heavy atom. The van der Waals surface area contributed by atoms with Gasteiger partial charge in [-0.25, -0.2) is 4.39 Å². The normalized spacial score (nSPS) is 21.6. The maximum absolute atomic E-state index is 14.0. The van der Waals surface area contributed by atoms with Gasteiger partial charge in [-0.05, 0) is 30.9 Å². The monoisotopic (exact) mass is 316 g/mol. The van der Waals surface area contributed by atoms with Crippen LogP contribution in [-0.4, -0.2) is 37.0 Å². The molecular formula is C15H22ClFN2O2. The third kappa shape index (κ3) is 3.86. The first-order chi connectivity index (χ1) is 9.56. The Morgan fingerprint density at radius 2 is 2.24 bits per heavy atom. The predicted octanol–water partition coefficient (Wildman–Crippen LogP) is 2.46. The number of nitrogens with zero attached hydrogens (tertiary/aromatic N) is 1. The van der Waals surface area contributed by atoms with Gasteiger partial charge in [0.05, 0.1) is 12.7 Å². The number of benzene rings is 1. The molecule has 1 heterocycles. The number of piperidine rings is 1. The lowest BCUT2D eigenvalue weighted by atomic mass is 9.92. The molecule has 2 N–H and O–H groups in total. The average Bonchev–Trinajstić information content (AvgIpc) is 2.46. The standard InChI is InChI=1S/C15H21FN2O2.ClH/c1-10-5-6-18(11(7-10)9-17)15(19)13-4-3-12(20-2)8-14(13)16;/h3-4,8,10-11H,5-7,9,17H2,1-2H3;1H. The third-order valence-corrected chi connectivity index (χ3v) is 3.92. The first-order valence-electron chi connectivity index (χ1n) is 6.91. The van der Waals surface area contributed by atoms with Gasteiger partial charge in [-0.3, -0.25) is 4.79 Å². The molecule has 0 aromatic heterocycles. The highest BCUT2D eigenvalue weighted by molar-refractivity contribution is 5.95. The molecule has 2 unspecified atom stereocenters. The molecule has 1 aliphatic rings. The molecule has 1 aliphatic heterocycles. The number of nitrogens with two attached hydrogens (primary N) is 1. The minimum atomic E-state index is -0.552. The van der Waals surface area contributed by atoms with E-state index >= 15 is 0 Å². The summed E-state index contributed by atoms with van der Waals surface area (Å²) in [5.74, 6) is 0.117. The van der Waals surface area contributed by atoms with Crippen LogP contribution in [0.3, 0.4) is 0 Å². The zero-order valence-corrected chi connectivity index (χ0v) is 13.2. The molecule has 21 heavy (non-hydrogen) atoms.